The summed E-state index contributed by atoms with van der Waals surface area (Å²) in [6.07, 6.45) is -8.61. The Balaban J connectivity index is 3.44. The third-order valence-electron chi connectivity index (χ3n) is 1.71. The standard InChI is InChI=1S/C7H4F5N3O3/c8-5(9)3-2(18-7(10,11)12)1-14-6(13)4(3)15(16)17/h1,5H,(H2,13,14). The van der Waals surface area contributed by atoms with Crippen LogP contribution < -0.4 is 10.5 Å². The first-order chi connectivity index (χ1) is 8.13. The average Bonchev–Trinajstić information content (AvgIpc) is 2.17. The van der Waals surface area contributed by atoms with Gasteiger partial charge in [0, 0.05) is 0 Å². The van der Waals surface area contributed by atoms with Gasteiger partial charge in [-0.2, -0.15) is 0 Å². The topological polar surface area (TPSA) is 91.3 Å². The minimum absolute atomic E-state index is 0.247. The van der Waals surface area contributed by atoms with E-state index in [1.807, 2.05) is 0 Å². The molecule has 0 spiro atoms. The highest BCUT2D eigenvalue weighted by Gasteiger charge is 2.37. The van der Waals surface area contributed by atoms with Gasteiger partial charge in [0.05, 0.1) is 11.1 Å². The zero-order valence-electron chi connectivity index (χ0n) is 8.24. The van der Waals surface area contributed by atoms with E-state index in [9.17, 15) is 32.1 Å². The minimum atomic E-state index is -5.28. The van der Waals surface area contributed by atoms with Crippen LogP contribution in [-0.4, -0.2) is 16.3 Å². The molecular formula is C7H4F5N3O3. The van der Waals surface area contributed by atoms with Gasteiger partial charge in [-0.1, -0.05) is 0 Å². The molecule has 0 atom stereocenters. The second-order valence-electron chi connectivity index (χ2n) is 2.88. The Bertz CT molecular complexity index is 476. The van der Waals surface area contributed by atoms with E-state index in [0.29, 0.717) is 0 Å². The lowest BCUT2D eigenvalue weighted by Crippen LogP contribution is -2.19. The van der Waals surface area contributed by atoms with Gasteiger partial charge in [0.2, 0.25) is 5.82 Å². The van der Waals surface area contributed by atoms with Crippen molar-refractivity contribution >= 4 is 11.5 Å². The van der Waals surface area contributed by atoms with Gasteiger partial charge in [0.15, 0.2) is 5.75 Å². The van der Waals surface area contributed by atoms with Crippen LogP contribution in [0, 0.1) is 10.1 Å². The summed E-state index contributed by atoms with van der Waals surface area (Å²) < 4.78 is 64.1. The SMILES string of the molecule is Nc1ncc(OC(F)(F)F)c(C(F)F)c1[N+](=O)[O-]. The van der Waals surface area contributed by atoms with Crippen molar-refractivity contribution in [1.82, 2.24) is 4.98 Å². The maximum Gasteiger partial charge on any atom is 0.573 e. The zero-order chi connectivity index (χ0) is 14.1. The van der Waals surface area contributed by atoms with E-state index in [2.05, 4.69) is 9.72 Å². The van der Waals surface area contributed by atoms with E-state index in [1.165, 1.54) is 0 Å². The fraction of sp³-hybridized carbons (Fsp3) is 0.286. The molecule has 0 fully saturated rings. The van der Waals surface area contributed by atoms with Crippen molar-refractivity contribution in [3.8, 4) is 5.75 Å². The van der Waals surface area contributed by atoms with Crippen molar-refractivity contribution in [2.75, 3.05) is 5.73 Å². The highest BCUT2D eigenvalue weighted by Crippen LogP contribution is 2.40. The van der Waals surface area contributed by atoms with Crippen molar-refractivity contribution < 1.29 is 31.6 Å². The van der Waals surface area contributed by atoms with E-state index < -0.39 is 40.5 Å². The number of nitro groups is 1. The first-order valence-electron chi connectivity index (χ1n) is 4.10. The summed E-state index contributed by atoms with van der Waals surface area (Å²) in [6, 6.07) is 0. The summed E-state index contributed by atoms with van der Waals surface area (Å²) in [5, 5.41) is 10.5. The average molecular weight is 273 g/mol. The Hall–Kier alpha value is -2.20. The molecule has 0 unspecified atom stereocenters. The number of hydrogen-bond acceptors (Lipinski definition) is 5. The fourth-order valence-electron chi connectivity index (χ4n) is 1.12. The van der Waals surface area contributed by atoms with Crippen LogP contribution in [0.15, 0.2) is 6.20 Å². The van der Waals surface area contributed by atoms with Gasteiger partial charge in [0.1, 0.15) is 5.56 Å². The molecule has 100 valence electrons. The predicted molar refractivity (Wildman–Crippen MR) is 46.9 cm³/mol. The molecule has 1 aromatic rings. The molecule has 0 bridgehead atoms. The molecular weight excluding hydrogens is 269 g/mol. The van der Waals surface area contributed by atoms with E-state index in [-0.39, 0.29) is 6.20 Å². The number of nitrogens with zero attached hydrogens (tertiary/aromatic N) is 2. The van der Waals surface area contributed by atoms with Crippen molar-refractivity contribution in [2.24, 2.45) is 0 Å². The highest BCUT2D eigenvalue weighted by atomic mass is 19.4. The summed E-state index contributed by atoms with van der Waals surface area (Å²) in [5.41, 5.74) is 1.99. The van der Waals surface area contributed by atoms with Crippen molar-refractivity contribution in [1.29, 1.82) is 0 Å². The lowest BCUT2D eigenvalue weighted by Gasteiger charge is -2.13. The molecule has 1 aromatic heterocycles. The number of nitrogen functional groups attached to an aromatic ring is 1. The van der Waals surface area contributed by atoms with E-state index >= 15 is 0 Å². The lowest BCUT2D eigenvalue weighted by atomic mass is 10.2. The third kappa shape index (κ3) is 2.93. The molecule has 0 aromatic carbocycles. The molecule has 0 saturated carbocycles. The number of nitrogens with two attached hydrogens (primary N) is 1. The molecule has 0 aliphatic heterocycles. The van der Waals surface area contributed by atoms with Gasteiger partial charge in [0.25, 0.3) is 6.43 Å². The monoisotopic (exact) mass is 273 g/mol. The Labute approximate surface area is 95.3 Å². The normalized spacial score (nSPS) is 11.7. The third-order valence-corrected chi connectivity index (χ3v) is 1.71. The molecule has 18 heavy (non-hydrogen) atoms. The van der Waals surface area contributed by atoms with Crippen LogP contribution in [0.25, 0.3) is 0 Å². The number of aromatic nitrogens is 1. The molecule has 6 nitrogen and oxygen atoms in total. The largest absolute Gasteiger partial charge is 0.573 e. The van der Waals surface area contributed by atoms with Crippen molar-refractivity contribution in [3.05, 3.63) is 21.9 Å². The second kappa shape index (κ2) is 4.58. The Kier molecular flexibility index (Phi) is 3.53. The molecule has 0 amide bonds. The quantitative estimate of drug-likeness (QED) is 0.518. The molecule has 2 N–H and O–H groups in total. The first-order valence-corrected chi connectivity index (χ1v) is 4.10. The smallest absolute Gasteiger partial charge is 0.403 e. The number of anilines is 1. The van der Waals surface area contributed by atoms with E-state index in [4.69, 9.17) is 5.73 Å². The summed E-state index contributed by atoms with van der Waals surface area (Å²) in [6.45, 7) is 0. The van der Waals surface area contributed by atoms with Crippen LogP contribution >= 0.6 is 0 Å². The van der Waals surface area contributed by atoms with Crippen LogP contribution in [0.4, 0.5) is 33.5 Å². The maximum absolute atomic E-state index is 12.6. The molecule has 1 heterocycles. The first kappa shape index (κ1) is 13.9. The number of rotatable bonds is 3. The number of alkyl halides is 5. The van der Waals surface area contributed by atoms with Gasteiger partial charge in [-0.05, 0) is 0 Å². The van der Waals surface area contributed by atoms with Gasteiger partial charge in [-0.3, -0.25) is 10.1 Å². The van der Waals surface area contributed by atoms with E-state index in [1.54, 1.807) is 0 Å². The molecule has 1 rings (SSSR count). The van der Waals surface area contributed by atoms with Crippen LogP contribution in [0.1, 0.15) is 12.0 Å². The number of pyridine rings is 1. The summed E-state index contributed by atoms with van der Waals surface area (Å²) in [4.78, 5) is 12.1. The van der Waals surface area contributed by atoms with Crippen molar-refractivity contribution in [3.63, 3.8) is 0 Å². The van der Waals surface area contributed by atoms with Gasteiger partial charge < -0.3 is 10.5 Å². The number of ether oxygens (including phenoxy) is 1. The molecule has 0 radical (unpaired) electrons. The van der Waals surface area contributed by atoms with Gasteiger partial charge in [-0.25, -0.2) is 13.8 Å². The molecule has 0 aliphatic rings. The number of halogens is 5. The summed E-state index contributed by atoms with van der Waals surface area (Å²) >= 11 is 0. The Morgan fingerprint density at radius 2 is 2.00 bits per heavy atom. The molecule has 0 aliphatic carbocycles. The maximum atomic E-state index is 12.6. The van der Waals surface area contributed by atoms with E-state index in [0.717, 1.165) is 0 Å². The lowest BCUT2D eigenvalue weighted by molar-refractivity contribution is -0.385. The van der Waals surface area contributed by atoms with Crippen LogP contribution in [-0.2, 0) is 0 Å². The summed E-state index contributed by atoms with van der Waals surface area (Å²) in [7, 11) is 0. The van der Waals surface area contributed by atoms with Crippen LogP contribution in [0.5, 0.6) is 5.75 Å². The molecule has 11 heteroatoms. The van der Waals surface area contributed by atoms with Crippen LogP contribution in [0.2, 0.25) is 0 Å². The Morgan fingerprint density at radius 1 is 1.44 bits per heavy atom. The van der Waals surface area contributed by atoms with Crippen LogP contribution in [0.3, 0.4) is 0 Å². The zero-order valence-corrected chi connectivity index (χ0v) is 8.24. The molecule has 0 saturated heterocycles. The van der Waals surface area contributed by atoms with Gasteiger partial charge in [-0.15, -0.1) is 13.2 Å². The number of hydrogen-bond donors (Lipinski definition) is 1. The highest BCUT2D eigenvalue weighted by molar-refractivity contribution is 5.62. The van der Waals surface area contributed by atoms with Crippen molar-refractivity contribution in [2.45, 2.75) is 12.8 Å². The second-order valence-corrected chi connectivity index (χ2v) is 2.88. The minimum Gasteiger partial charge on any atom is -0.403 e. The Morgan fingerprint density at radius 3 is 2.39 bits per heavy atom. The fourth-order valence-corrected chi connectivity index (χ4v) is 1.12. The van der Waals surface area contributed by atoms with Gasteiger partial charge >= 0.3 is 12.0 Å². The predicted octanol–water partition coefficient (Wildman–Crippen LogP) is 2.41. The summed E-state index contributed by atoms with van der Waals surface area (Å²) in [5.74, 6) is -2.39.